The maximum atomic E-state index is 5.34. The Bertz CT molecular complexity index is 64.9. The van der Waals surface area contributed by atoms with Crippen molar-refractivity contribution in [2.45, 2.75) is 30.7 Å². The molecule has 1 fully saturated rings. The van der Waals surface area contributed by atoms with Gasteiger partial charge in [-0.05, 0) is 19.8 Å². The van der Waals surface area contributed by atoms with E-state index in [-0.39, 0.29) is 0 Å². The highest BCUT2D eigenvalue weighted by Gasteiger charge is 2.17. The van der Waals surface area contributed by atoms with Crippen molar-refractivity contribution in [2.24, 2.45) is 0 Å². The average molecular weight is 179 g/mol. The lowest BCUT2D eigenvalue weighted by Gasteiger charge is -2.23. The molecule has 0 spiro atoms. The molecule has 0 saturated carbocycles. The highest BCUT2D eigenvalue weighted by Crippen LogP contribution is 2.19. The molecule has 0 bridgehead atoms. The monoisotopic (exact) mass is 178 g/mol. The molecule has 2 heteroatoms. The Morgan fingerprint density at radius 2 is 2.38 bits per heavy atom. The van der Waals surface area contributed by atoms with Crippen LogP contribution in [0.2, 0.25) is 0 Å². The molecule has 0 amide bonds. The summed E-state index contributed by atoms with van der Waals surface area (Å²) in [6.07, 6.45) is 2.89. The van der Waals surface area contributed by atoms with Crippen molar-refractivity contribution in [1.82, 2.24) is 0 Å². The van der Waals surface area contributed by atoms with Crippen LogP contribution in [0.4, 0.5) is 0 Å². The van der Waals surface area contributed by atoms with Gasteiger partial charge >= 0.3 is 0 Å². The molecule has 1 rings (SSSR count). The summed E-state index contributed by atoms with van der Waals surface area (Å²) in [5.41, 5.74) is 0. The lowest BCUT2D eigenvalue weighted by molar-refractivity contribution is 0.0351. The minimum Gasteiger partial charge on any atom is -0.377 e. The van der Waals surface area contributed by atoms with E-state index in [1.165, 1.54) is 12.8 Å². The molecular formula is C6H11BrO. The van der Waals surface area contributed by atoms with Crippen molar-refractivity contribution in [3.8, 4) is 0 Å². The minimum atomic E-state index is 0.420. The fourth-order valence-corrected chi connectivity index (χ4v) is 1.36. The SMILES string of the molecule is C[C@@H]1OCCC[C@@H]1Br. The van der Waals surface area contributed by atoms with E-state index < -0.39 is 0 Å². The summed E-state index contributed by atoms with van der Waals surface area (Å²) in [5, 5.41) is 0. The molecule has 1 heterocycles. The standard InChI is InChI=1S/C6H11BrO/c1-5-6(7)3-2-4-8-5/h5-6H,2-4H2,1H3/t5-,6-/m0/s1. The van der Waals surface area contributed by atoms with Crippen LogP contribution in [-0.4, -0.2) is 17.5 Å². The van der Waals surface area contributed by atoms with Crippen LogP contribution in [0.5, 0.6) is 0 Å². The van der Waals surface area contributed by atoms with Crippen LogP contribution in [0, 0.1) is 0 Å². The van der Waals surface area contributed by atoms with Crippen LogP contribution in [0.15, 0.2) is 0 Å². The molecular weight excluding hydrogens is 168 g/mol. The van der Waals surface area contributed by atoms with Crippen molar-refractivity contribution >= 4 is 15.9 Å². The highest BCUT2D eigenvalue weighted by molar-refractivity contribution is 9.09. The van der Waals surface area contributed by atoms with Crippen molar-refractivity contribution in [1.29, 1.82) is 0 Å². The predicted octanol–water partition coefficient (Wildman–Crippen LogP) is 1.95. The van der Waals surface area contributed by atoms with Gasteiger partial charge in [0, 0.05) is 11.4 Å². The van der Waals surface area contributed by atoms with Crippen LogP contribution in [0.1, 0.15) is 19.8 Å². The van der Waals surface area contributed by atoms with E-state index in [2.05, 4.69) is 22.9 Å². The summed E-state index contributed by atoms with van der Waals surface area (Å²) in [7, 11) is 0. The molecule has 0 aromatic heterocycles. The first-order valence-corrected chi connectivity index (χ1v) is 3.98. The number of ether oxygens (including phenoxy) is 1. The number of hydrogen-bond acceptors (Lipinski definition) is 1. The quantitative estimate of drug-likeness (QED) is 0.516. The van der Waals surface area contributed by atoms with Crippen LogP contribution in [0.25, 0.3) is 0 Å². The van der Waals surface area contributed by atoms with E-state index in [9.17, 15) is 0 Å². The number of rotatable bonds is 0. The molecule has 2 atom stereocenters. The topological polar surface area (TPSA) is 9.23 Å². The van der Waals surface area contributed by atoms with Crippen LogP contribution >= 0.6 is 15.9 Å². The minimum absolute atomic E-state index is 0.420. The molecule has 1 aliphatic heterocycles. The van der Waals surface area contributed by atoms with E-state index in [4.69, 9.17) is 4.74 Å². The number of alkyl halides is 1. The van der Waals surface area contributed by atoms with E-state index >= 15 is 0 Å². The van der Waals surface area contributed by atoms with Gasteiger partial charge in [-0.2, -0.15) is 0 Å². The Labute approximate surface area is 58.5 Å². The third-order valence-electron chi connectivity index (χ3n) is 1.51. The zero-order valence-electron chi connectivity index (χ0n) is 5.06. The Morgan fingerprint density at radius 1 is 1.62 bits per heavy atom. The zero-order chi connectivity index (χ0) is 5.98. The summed E-state index contributed by atoms with van der Waals surface area (Å²) in [4.78, 5) is 0.594. The van der Waals surface area contributed by atoms with Gasteiger partial charge in [-0.3, -0.25) is 0 Å². The lowest BCUT2D eigenvalue weighted by atomic mass is 10.1. The maximum absolute atomic E-state index is 5.34. The first-order valence-electron chi connectivity index (χ1n) is 3.06. The largest absolute Gasteiger partial charge is 0.377 e. The molecule has 48 valence electrons. The predicted molar refractivity (Wildman–Crippen MR) is 37.4 cm³/mol. The van der Waals surface area contributed by atoms with E-state index in [0.29, 0.717) is 10.9 Å². The summed E-state index contributed by atoms with van der Waals surface area (Å²) in [6.45, 7) is 3.06. The zero-order valence-corrected chi connectivity index (χ0v) is 6.65. The molecule has 1 aliphatic rings. The molecule has 1 nitrogen and oxygen atoms in total. The van der Waals surface area contributed by atoms with Gasteiger partial charge in [0.15, 0.2) is 0 Å². The Balaban J connectivity index is 2.28. The van der Waals surface area contributed by atoms with Gasteiger partial charge in [0.05, 0.1) is 6.10 Å². The second-order valence-corrected chi connectivity index (χ2v) is 3.41. The first kappa shape index (κ1) is 6.56. The molecule has 0 unspecified atom stereocenters. The Kier molecular flexibility index (Phi) is 2.32. The van der Waals surface area contributed by atoms with E-state index in [1.807, 2.05) is 0 Å². The molecule has 0 radical (unpaired) electrons. The van der Waals surface area contributed by atoms with Gasteiger partial charge < -0.3 is 4.74 Å². The third kappa shape index (κ3) is 1.46. The molecule has 0 aliphatic carbocycles. The van der Waals surface area contributed by atoms with Gasteiger partial charge in [0.2, 0.25) is 0 Å². The fourth-order valence-electron chi connectivity index (χ4n) is 0.887. The number of halogens is 1. The van der Waals surface area contributed by atoms with Gasteiger partial charge in [0.25, 0.3) is 0 Å². The van der Waals surface area contributed by atoms with Crippen molar-refractivity contribution in [3.05, 3.63) is 0 Å². The maximum Gasteiger partial charge on any atom is 0.0671 e. The van der Waals surface area contributed by atoms with Crippen molar-refractivity contribution in [3.63, 3.8) is 0 Å². The number of hydrogen-bond donors (Lipinski definition) is 0. The molecule has 0 aromatic rings. The van der Waals surface area contributed by atoms with E-state index in [1.54, 1.807) is 0 Å². The molecule has 0 aromatic carbocycles. The second kappa shape index (κ2) is 2.83. The average Bonchev–Trinajstić information content (AvgIpc) is 1.77. The lowest BCUT2D eigenvalue weighted by Crippen LogP contribution is -2.26. The Morgan fingerprint density at radius 3 is 2.75 bits per heavy atom. The van der Waals surface area contributed by atoms with Crippen molar-refractivity contribution in [2.75, 3.05) is 6.61 Å². The molecule has 0 N–H and O–H groups in total. The van der Waals surface area contributed by atoms with Crippen LogP contribution < -0.4 is 0 Å². The van der Waals surface area contributed by atoms with Gasteiger partial charge in [-0.25, -0.2) is 0 Å². The fraction of sp³-hybridized carbons (Fsp3) is 1.00. The van der Waals surface area contributed by atoms with Gasteiger partial charge in [-0.1, -0.05) is 15.9 Å². The highest BCUT2D eigenvalue weighted by atomic mass is 79.9. The van der Waals surface area contributed by atoms with Crippen molar-refractivity contribution < 1.29 is 4.74 Å². The molecule has 8 heavy (non-hydrogen) atoms. The summed E-state index contributed by atoms with van der Waals surface area (Å²) in [6, 6.07) is 0. The summed E-state index contributed by atoms with van der Waals surface area (Å²) < 4.78 is 5.34. The smallest absolute Gasteiger partial charge is 0.0671 e. The summed E-state index contributed by atoms with van der Waals surface area (Å²) >= 11 is 3.53. The molecule has 1 saturated heterocycles. The van der Waals surface area contributed by atoms with Crippen LogP contribution in [-0.2, 0) is 4.74 Å². The first-order chi connectivity index (χ1) is 3.80. The van der Waals surface area contributed by atoms with Gasteiger partial charge in [-0.15, -0.1) is 0 Å². The van der Waals surface area contributed by atoms with E-state index in [0.717, 1.165) is 6.61 Å². The van der Waals surface area contributed by atoms with Crippen LogP contribution in [0.3, 0.4) is 0 Å². The second-order valence-electron chi connectivity index (χ2n) is 2.23. The Hall–Kier alpha value is 0.440. The van der Waals surface area contributed by atoms with Gasteiger partial charge in [0.1, 0.15) is 0 Å². The summed E-state index contributed by atoms with van der Waals surface area (Å²) in [5.74, 6) is 0. The third-order valence-corrected chi connectivity index (χ3v) is 2.72. The normalized spacial score (nSPS) is 39.8.